The lowest BCUT2D eigenvalue weighted by atomic mass is 10.1. The van der Waals surface area contributed by atoms with Gasteiger partial charge in [0.05, 0.1) is 10.9 Å². The van der Waals surface area contributed by atoms with Crippen LogP contribution in [0.15, 0.2) is 53.1 Å². The largest absolute Gasteiger partial charge is 0.354 e. The van der Waals surface area contributed by atoms with Crippen molar-refractivity contribution in [3.8, 4) is 6.07 Å². The molecule has 1 fully saturated rings. The molecule has 29 heavy (non-hydrogen) atoms. The Morgan fingerprint density at radius 2 is 1.97 bits per heavy atom. The number of thioether (sulfide) groups is 1. The minimum absolute atomic E-state index is 0.0708. The van der Waals surface area contributed by atoms with Crippen molar-refractivity contribution in [3.63, 3.8) is 0 Å². The van der Waals surface area contributed by atoms with E-state index in [2.05, 4.69) is 5.32 Å². The van der Waals surface area contributed by atoms with Crippen LogP contribution in [0.3, 0.4) is 0 Å². The molecule has 7 heteroatoms. The van der Waals surface area contributed by atoms with Crippen LogP contribution in [0.25, 0.3) is 0 Å². The molecule has 2 aromatic carbocycles. The van der Waals surface area contributed by atoms with Crippen molar-refractivity contribution in [2.75, 3.05) is 11.9 Å². The van der Waals surface area contributed by atoms with Crippen LogP contribution in [0.1, 0.15) is 16.7 Å². The molecule has 0 aromatic heterocycles. The number of benzene rings is 2. The van der Waals surface area contributed by atoms with E-state index in [1.165, 1.54) is 23.7 Å². The Morgan fingerprint density at radius 1 is 1.24 bits per heavy atom. The lowest BCUT2D eigenvalue weighted by molar-refractivity contribution is -0.117. The summed E-state index contributed by atoms with van der Waals surface area (Å²) < 4.78 is 0. The predicted molar refractivity (Wildman–Crippen MR) is 117 cm³/mol. The van der Waals surface area contributed by atoms with Crippen LogP contribution in [0, 0.1) is 25.2 Å². The van der Waals surface area contributed by atoms with Crippen LogP contribution in [-0.4, -0.2) is 24.1 Å². The molecule has 0 spiro atoms. The fourth-order valence-corrected chi connectivity index (χ4v) is 4.63. The standard InChI is InChI=1S/C22H20ClN3O2S/c1-13-8-9-15(10-17(13)23)11-19-21(28)26(18-7-5-4-6-14(18)2)22(29-19)16(12-24)20(27)25-3/h4-10,19H,11H2,1-3H3,(H,25,27). The van der Waals surface area contributed by atoms with Crippen molar-refractivity contribution >= 4 is 40.9 Å². The number of amides is 2. The second kappa shape index (κ2) is 8.73. The van der Waals surface area contributed by atoms with Crippen molar-refractivity contribution in [3.05, 3.63) is 74.8 Å². The number of likely N-dealkylation sites (N-methyl/N-ethyl adjacent to an activating group) is 1. The van der Waals surface area contributed by atoms with E-state index in [4.69, 9.17) is 11.6 Å². The van der Waals surface area contributed by atoms with Crippen molar-refractivity contribution in [2.24, 2.45) is 0 Å². The lowest BCUT2D eigenvalue weighted by Crippen LogP contribution is -2.31. The van der Waals surface area contributed by atoms with E-state index >= 15 is 0 Å². The number of hydrogen-bond acceptors (Lipinski definition) is 4. The number of anilines is 1. The number of aryl methyl sites for hydroxylation is 2. The van der Waals surface area contributed by atoms with Gasteiger partial charge in [-0.15, -0.1) is 0 Å². The first-order chi connectivity index (χ1) is 13.9. The summed E-state index contributed by atoms with van der Waals surface area (Å²) in [5.74, 6) is -0.673. The van der Waals surface area contributed by atoms with E-state index < -0.39 is 11.2 Å². The average Bonchev–Trinajstić information content (AvgIpc) is 3.01. The molecule has 2 aromatic rings. The number of carbonyl (C=O) groups is 2. The van der Waals surface area contributed by atoms with Crippen LogP contribution >= 0.6 is 23.4 Å². The van der Waals surface area contributed by atoms with E-state index in [0.717, 1.165) is 16.7 Å². The Kier molecular flexibility index (Phi) is 6.31. The third-order valence-electron chi connectivity index (χ3n) is 4.75. The van der Waals surface area contributed by atoms with Gasteiger partial charge in [-0.2, -0.15) is 5.26 Å². The Bertz CT molecular complexity index is 1060. The summed E-state index contributed by atoms with van der Waals surface area (Å²) in [5.41, 5.74) is 3.37. The van der Waals surface area contributed by atoms with Gasteiger partial charge in [-0.1, -0.05) is 53.7 Å². The zero-order valence-electron chi connectivity index (χ0n) is 16.3. The molecule has 3 rings (SSSR count). The number of para-hydroxylation sites is 1. The van der Waals surface area contributed by atoms with Gasteiger partial charge in [0.15, 0.2) is 0 Å². The molecule has 1 aliphatic heterocycles. The van der Waals surface area contributed by atoms with Crippen LogP contribution < -0.4 is 10.2 Å². The van der Waals surface area contributed by atoms with E-state index in [1.54, 1.807) is 0 Å². The molecule has 0 aliphatic carbocycles. The summed E-state index contributed by atoms with van der Waals surface area (Å²) in [6.45, 7) is 3.81. The molecular formula is C22H20ClN3O2S. The molecular weight excluding hydrogens is 406 g/mol. The number of halogens is 1. The summed E-state index contributed by atoms with van der Waals surface area (Å²) in [5, 5.41) is 12.6. The van der Waals surface area contributed by atoms with Crippen LogP contribution in [0.5, 0.6) is 0 Å². The smallest absolute Gasteiger partial charge is 0.264 e. The number of nitriles is 1. The average molecular weight is 426 g/mol. The summed E-state index contributed by atoms with van der Waals surface area (Å²) in [4.78, 5) is 27.1. The second-order valence-electron chi connectivity index (χ2n) is 6.73. The highest BCUT2D eigenvalue weighted by Gasteiger charge is 2.41. The van der Waals surface area contributed by atoms with Crippen LogP contribution in [0.4, 0.5) is 5.69 Å². The maximum absolute atomic E-state index is 13.4. The predicted octanol–water partition coefficient (Wildman–Crippen LogP) is 4.13. The highest BCUT2D eigenvalue weighted by atomic mass is 35.5. The van der Waals surface area contributed by atoms with Gasteiger partial charge in [-0.05, 0) is 49.1 Å². The van der Waals surface area contributed by atoms with Gasteiger partial charge in [0, 0.05) is 12.1 Å². The zero-order valence-corrected chi connectivity index (χ0v) is 17.9. The molecule has 0 bridgehead atoms. The maximum Gasteiger partial charge on any atom is 0.264 e. The number of nitrogens with zero attached hydrogens (tertiary/aromatic N) is 2. The first kappa shape index (κ1) is 21.0. The Hall–Kier alpha value is -2.75. The SMILES string of the molecule is CNC(=O)C(C#N)=C1SC(Cc2ccc(C)c(Cl)c2)C(=O)N1c1ccccc1C. The minimum Gasteiger partial charge on any atom is -0.354 e. The number of nitrogens with one attached hydrogen (secondary N) is 1. The van der Waals surface area contributed by atoms with Gasteiger partial charge in [0.2, 0.25) is 5.91 Å². The molecule has 1 saturated heterocycles. The van der Waals surface area contributed by atoms with Gasteiger partial charge >= 0.3 is 0 Å². The molecule has 2 amide bonds. The summed E-state index contributed by atoms with van der Waals surface area (Å²) in [6, 6.07) is 15.1. The zero-order chi connectivity index (χ0) is 21.1. The summed E-state index contributed by atoms with van der Waals surface area (Å²) >= 11 is 7.48. The highest BCUT2D eigenvalue weighted by molar-refractivity contribution is 8.05. The van der Waals surface area contributed by atoms with E-state index in [-0.39, 0.29) is 11.5 Å². The molecule has 1 heterocycles. The van der Waals surface area contributed by atoms with Gasteiger partial charge in [0.25, 0.3) is 5.91 Å². The van der Waals surface area contributed by atoms with Crippen molar-refractivity contribution in [1.82, 2.24) is 5.32 Å². The van der Waals surface area contributed by atoms with Crippen LogP contribution in [-0.2, 0) is 16.0 Å². The molecule has 1 unspecified atom stereocenters. The van der Waals surface area contributed by atoms with Gasteiger partial charge < -0.3 is 5.32 Å². The Balaban J connectivity index is 2.07. The fourth-order valence-electron chi connectivity index (χ4n) is 3.12. The molecule has 1 N–H and O–H groups in total. The molecule has 5 nitrogen and oxygen atoms in total. The number of hydrogen-bond donors (Lipinski definition) is 1. The quantitative estimate of drug-likeness (QED) is 0.590. The van der Waals surface area contributed by atoms with Crippen molar-refractivity contribution in [2.45, 2.75) is 25.5 Å². The van der Waals surface area contributed by atoms with Crippen molar-refractivity contribution < 1.29 is 9.59 Å². The van der Waals surface area contributed by atoms with E-state index in [1.807, 2.05) is 62.4 Å². The molecule has 1 aliphatic rings. The fraction of sp³-hybridized carbons (Fsp3) is 0.227. The first-order valence-electron chi connectivity index (χ1n) is 9.05. The Labute approximate surface area is 179 Å². The number of rotatable bonds is 4. The topological polar surface area (TPSA) is 73.2 Å². The molecule has 148 valence electrons. The van der Waals surface area contributed by atoms with E-state index in [9.17, 15) is 14.9 Å². The van der Waals surface area contributed by atoms with Gasteiger partial charge in [0.1, 0.15) is 16.7 Å². The lowest BCUT2D eigenvalue weighted by Gasteiger charge is -2.20. The molecule has 0 radical (unpaired) electrons. The van der Waals surface area contributed by atoms with Gasteiger partial charge in [-0.25, -0.2) is 0 Å². The maximum atomic E-state index is 13.4. The second-order valence-corrected chi connectivity index (χ2v) is 8.32. The molecule has 0 saturated carbocycles. The third kappa shape index (κ3) is 4.16. The van der Waals surface area contributed by atoms with Gasteiger partial charge in [-0.3, -0.25) is 14.5 Å². The normalized spacial score (nSPS) is 17.8. The van der Waals surface area contributed by atoms with Crippen LogP contribution in [0.2, 0.25) is 5.02 Å². The number of carbonyl (C=O) groups excluding carboxylic acids is 2. The summed E-state index contributed by atoms with van der Waals surface area (Å²) in [7, 11) is 1.46. The molecule has 1 atom stereocenters. The summed E-state index contributed by atoms with van der Waals surface area (Å²) in [6.07, 6.45) is 0.446. The highest BCUT2D eigenvalue weighted by Crippen LogP contribution is 2.43. The van der Waals surface area contributed by atoms with E-state index in [0.29, 0.717) is 22.2 Å². The first-order valence-corrected chi connectivity index (χ1v) is 10.3. The monoisotopic (exact) mass is 425 g/mol. The Morgan fingerprint density at radius 3 is 2.59 bits per heavy atom. The van der Waals surface area contributed by atoms with Crippen molar-refractivity contribution in [1.29, 1.82) is 5.26 Å². The third-order valence-corrected chi connectivity index (χ3v) is 6.42. The minimum atomic E-state index is -0.514.